The van der Waals surface area contributed by atoms with Gasteiger partial charge in [-0.15, -0.1) is 0 Å². The van der Waals surface area contributed by atoms with Gasteiger partial charge in [0.15, 0.2) is 29.2 Å². The Hall–Kier alpha value is -3.49. The van der Waals surface area contributed by atoms with Crippen molar-refractivity contribution in [1.29, 1.82) is 0 Å². The van der Waals surface area contributed by atoms with Crippen LogP contribution >= 0.6 is 0 Å². The fourth-order valence-electron chi connectivity index (χ4n) is 2.95. The quantitative estimate of drug-likeness (QED) is 0.838. The Kier molecular flexibility index (Phi) is 4.19. The number of benzene rings is 1. The number of aromatic nitrogens is 1. The van der Waals surface area contributed by atoms with Crippen LogP contribution in [0.15, 0.2) is 30.3 Å². The number of nitrogens with zero attached hydrogens (tertiary/aromatic N) is 2. The third kappa shape index (κ3) is 3.19. The predicted molar refractivity (Wildman–Crippen MR) is 96.9 cm³/mol. The van der Waals surface area contributed by atoms with Crippen molar-refractivity contribution in [2.24, 2.45) is 0 Å². The van der Waals surface area contributed by atoms with Gasteiger partial charge in [0.05, 0.1) is 0 Å². The molecular formula is C18H18N4O5. The lowest BCUT2D eigenvalue weighted by molar-refractivity contribution is -0.128. The molecule has 2 amide bonds. The van der Waals surface area contributed by atoms with Crippen LogP contribution in [-0.4, -0.2) is 36.2 Å². The van der Waals surface area contributed by atoms with E-state index in [0.29, 0.717) is 29.4 Å². The molecule has 1 unspecified atom stereocenters. The maximum absolute atomic E-state index is 12.7. The van der Waals surface area contributed by atoms with E-state index in [1.54, 1.807) is 30.3 Å². The number of amides is 2. The minimum atomic E-state index is -0.665. The summed E-state index contributed by atoms with van der Waals surface area (Å²) >= 11 is 0. The standard InChI is InChI=1S/C18H18N4O5/c1-2-11-18(24)22(17-13(27-11)5-6-15(19)21-17)8-16(23)20-10-3-4-12-14(7-10)26-9-25-12/h3-7,11H,2,8-9H2,1H3,(H2,19,21)(H,20,23). The number of nitrogens with two attached hydrogens (primary N) is 1. The molecule has 3 heterocycles. The van der Waals surface area contributed by atoms with E-state index < -0.39 is 6.10 Å². The number of anilines is 3. The molecule has 27 heavy (non-hydrogen) atoms. The molecule has 1 aromatic carbocycles. The van der Waals surface area contributed by atoms with Crippen molar-refractivity contribution >= 4 is 29.1 Å². The molecule has 0 aliphatic carbocycles. The first-order valence-electron chi connectivity index (χ1n) is 8.49. The molecule has 9 heteroatoms. The molecule has 1 atom stereocenters. The summed E-state index contributed by atoms with van der Waals surface area (Å²) in [5, 5.41) is 2.75. The summed E-state index contributed by atoms with van der Waals surface area (Å²) in [5.74, 6) is 1.37. The predicted octanol–water partition coefficient (Wildman–Crippen LogP) is 1.54. The van der Waals surface area contributed by atoms with E-state index in [1.807, 2.05) is 6.92 Å². The van der Waals surface area contributed by atoms with Crippen LogP contribution in [0.1, 0.15) is 13.3 Å². The van der Waals surface area contributed by atoms with Gasteiger partial charge >= 0.3 is 0 Å². The Labute approximate surface area is 155 Å². The largest absolute Gasteiger partial charge is 0.477 e. The van der Waals surface area contributed by atoms with Crippen molar-refractivity contribution in [2.45, 2.75) is 19.4 Å². The van der Waals surface area contributed by atoms with Crippen LogP contribution in [0.5, 0.6) is 17.2 Å². The molecule has 2 aromatic rings. The smallest absolute Gasteiger partial charge is 0.269 e. The zero-order valence-corrected chi connectivity index (χ0v) is 14.6. The number of fused-ring (bicyclic) bond motifs is 2. The Morgan fingerprint density at radius 3 is 2.85 bits per heavy atom. The maximum Gasteiger partial charge on any atom is 0.269 e. The van der Waals surface area contributed by atoms with Crippen molar-refractivity contribution < 1.29 is 23.8 Å². The monoisotopic (exact) mass is 370 g/mol. The number of nitrogen functional groups attached to an aromatic ring is 1. The topological polar surface area (TPSA) is 116 Å². The highest BCUT2D eigenvalue weighted by molar-refractivity contribution is 6.05. The number of nitrogens with one attached hydrogen (secondary N) is 1. The molecule has 0 bridgehead atoms. The molecule has 0 saturated heterocycles. The van der Waals surface area contributed by atoms with Crippen molar-refractivity contribution in [3.05, 3.63) is 30.3 Å². The number of hydrogen-bond acceptors (Lipinski definition) is 7. The van der Waals surface area contributed by atoms with Crippen LogP contribution in [0.25, 0.3) is 0 Å². The third-order valence-corrected chi connectivity index (χ3v) is 4.26. The van der Waals surface area contributed by atoms with Gasteiger partial charge in [-0.2, -0.15) is 0 Å². The van der Waals surface area contributed by atoms with Crippen LogP contribution in [-0.2, 0) is 9.59 Å². The number of pyridine rings is 1. The van der Waals surface area contributed by atoms with Gasteiger partial charge < -0.3 is 25.3 Å². The number of rotatable bonds is 4. The summed E-state index contributed by atoms with van der Waals surface area (Å²) in [6, 6.07) is 8.32. The van der Waals surface area contributed by atoms with E-state index in [-0.39, 0.29) is 36.8 Å². The van der Waals surface area contributed by atoms with Crippen LogP contribution in [0.4, 0.5) is 17.3 Å². The van der Waals surface area contributed by atoms with E-state index in [4.69, 9.17) is 19.9 Å². The lowest BCUT2D eigenvalue weighted by atomic mass is 10.2. The average molecular weight is 370 g/mol. The Balaban J connectivity index is 1.54. The van der Waals surface area contributed by atoms with E-state index in [2.05, 4.69) is 10.3 Å². The number of hydrogen-bond donors (Lipinski definition) is 2. The van der Waals surface area contributed by atoms with E-state index >= 15 is 0 Å². The second-order valence-corrected chi connectivity index (χ2v) is 6.11. The SMILES string of the molecule is CCC1Oc2ccc(N)nc2N(CC(=O)Nc2ccc3c(c2)OCO3)C1=O. The van der Waals surface area contributed by atoms with Gasteiger partial charge in [-0.25, -0.2) is 4.98 Å². The van der Waals surface area contributed by atoms with Gasteiger partial charge in [0, 0.05) is 11.8 Å². The molecule has 0 fully saturated rings. The van der Waals surface area contributed by atoms with Crippen LogP contribution in [0.2, 0.25) is 0 Å². The summed E-state index contributed by atoms with van der Waals surface area (Å²) < 4.78 is 16.2. The summed E-state index contributed by atoms with van der Waals surface area (Å²) in [7, 11) is 0. The highest BCUT2D eigenvalue weighted by Gasteiger charge is 2.35. The van der Waals surface area contributed by atoms with Crippen LogP contribution in [0.3, 0.4) is 0 Å². The maximum atomic E-state index is 12.7. The van der Waals surface area contributed by atoms with Gasteiger partial charge in [0.1, 0.15) is 12.4 Å². The molecule has 2 aliphatic rings. The average Bonchev–Trinajstić information content (AvgIpc) is 3.12. The van der Waals surface area contributed by atoms with E-state index in [1.165, 1.54) is 4.90 Å². The molecule has 2 aliphatic heterocycles. The second kappa shape index (κ2) is 6.67. The van der Waals surface area contributed by atoms with E-state index in [9.17, 15) is 9.59 Å². The lowest BCUT2D eigenvalue weighted by Crippen LogP contribution is -2.49. The number of ether oxygens (including phenoxy) is 3. The first-order chi connectivity index (χ1) is 13.0. The first-order valence-corrected chi connectivity index (χ1v) is 8.49. The third-order valence-electron chi connectivity index (χ3n) is 4.26. The highest BCUT2D eigenvalue weighted by atomic mass is 16.7. The van der Waals surface area contributed by atoms with Crippen LogP contribution in [0, 0.1) is 0 Å². The van der Waals surface area contributed by atoms with Crippen molar-refractivity contribution in [3.63, 3.8) is 0 Å². The van der Waals surface area contributed by atoms with Crippen molar-refractivity contribution in [2.75, 3.05) is 29.3 Å². The van der Waals surface area contributed by atoms with Crippen molar-refractivity contribution in [1.82, 2.24) is 4.98 Å². The molecular weight excluding hydrogens is 352 g/mol. The molecule has 140 valence electrons. The summed E-state index contributed by atoms with van der Waals surface area (Å²) in [6.07, 6.45) is -0.190. The highest BCUT2D eigenvalue weighted by Crippen LogP contribution is 2.35. The first kappa shape index (κ1) is 17.0. The van der Waals surface area contributed by atoms with Gasteiger partial charge in [-0.05, 0) is 30.7 Å². The molecule has 9 nitrogen and oxygen atoms in total. The second-order valence-electron chi connectivity index (χ2n) is 6.11. The molecule has 0 spiro atoms. The molecule has 3 N–H and O–H groups in total. The minimum absolute atomic E-state index is 0.150. The minimum Gasteiger partial charge on any atom is -0.477 e. The van der Waals surface area contributed by atoms with Gasteiger partial charge in [-0.3, -0.25) is 14.5 Å². The van der Waals surface area contributed by atoms with Gasteiger partial charge in [0.2, 0.25) is 12.7 Å². The zero-order chi connectivity index (χ0) is 19.0. The summed E-state index contributed by atoms with van der Waals surface area (Å²) in [5.41, 5.74) is 6.27. The molecule has 4 rings (SSSR count). The Morgan fingerprint density at radius 1 is 1.26 bits per heavy atom. The van der Waals surface area contributed by atoms with E-state index in [0.717, 1.165) is 0 Å². The van der Waals surface area contributed by atoms with Gasteiger partial charge in [0.25, 0.3) is 5.91 Å². The Morgan fingerprint density at radius 2 is 2.04 bits per heavy atom. The Bertz CT molecular complexity index is 917. The fraction of sp³-hybridized carbons (Fsp3) is 0.278. The fourth-order valence-corrected chi connectivity index (χ4v) is 2.95. The number of carbonyl (C=O) groups is 2. The summed E-state index contributed by atoms with van der Waals surface area (Å²) in [6.45, 7) is 1.77. The number of carbonyl (C=O) groups excluding carboxylic acids is 2. The normalized spacial score (nSPS) is 17.3. The van der Waals surface area contributed by atoms with Crippen molar-refractivity contribution in [3.8, 4) is 17.2 Å². The van der Waals surface area contributed by atoms with Gasteiger partial charge in [-0.1, -0.05) is 6.92 Å². The molecule has 1 aromatic heterocycles. The lowest BCUT2D eigenvalue weighted by Gasteiger charge is -2.32. The van der Waals surface area contributed by atoms with Crippen LogP contribution < -0.4 is 30.2 Å². The summed E-state index contributed by atoms with van der Waals surface area (Å²) in [4.78, 5) is 30.7. The molecule has 0 saturated carbocycles. The zero-order valence-electron chi connectivity index (χ0n) is 14.6. The molecule has 0 radical (unpaired) electrons.